The van der Waals surface area contributed by atoms with Gasteiger partial charge < -0.3 is 10.6 Å². The van der Waals surface area contributed by atoms with Gasteiger partial charge in [-0.25, -0.2) is 0 Å². The molecule has 0 saturated carbocycles. The molecule has 0 bridgehead atoms. The Kier molecular flexibility index (Phi) is 3.22. The zero-order chi connectivity index (χ0) is 7.23. The molecular formula is C7H14N2O. The van der Waals surface area contributed by atoms with Crippen molar-refractivity contribution in [3.05, 3.63) is 0 Å². The molecule has 1 heterocycles. The lowest BCUT2D eigenvalue weighted by Gasteiger charge is -1.99. The van der Waals surface area contributed by atoms with E-state index in [1.807, 2.05) is 0 Å². The summed E-state index contributed by atoms with van der Waals surface area (Å²) in [6.07, 6.45) is 2.69. The Bertz CT molecular complexity index is 102. The summed E-state index contributed by atoms with van der Waals surface area (Å²) in [6.45, 7) is 2.83. The third-order valence-corrected chi connectivity index (χ3v) is 1.61. The molecule has 1 aliphatic rings. The van der Waals surface area contributed by atoms with Crippen LogP contribution < -0.4 is 10.6 Å². The first-order valence-corrected chi connectivity index (χ1v) is 3.87. The van der Waals surface area contributed by atoms with E-state index in [0.29, 0.717) is 6.42 Å². The molecule has 0 aromatic carbocycles. The Labute approximate surface area is 61.2 Å². The van der Waals surface area contributed by atoms with E-state index in [-0.39, 0.29) is 5.91 Å². The molecular weight excluding hydrogens is 128 g/mol. The van der Waals surface area contributed by atoms with E-state index in [4.69, 9.17) is 0 Å². The van der Waals surface area contributed by atoms with Crippen molar-refractivity contribution >= 4 is 5.91 Å². The third kappa shape index (κ3) is 2.82. The zero-order valence-corrected chi connectivity index (χ0v) is 6.15. The molecule has 1 amide bonds. The summed E-state index contributed by atoms with van der Waals surface area (Å²) in [4.78, 5) is 10.8. The second-order valence-electron chi connectivity index (χ2n) is 2.56. The van der Waals surface area contributed by atoms with Crippen LogP contribution in [0.4, 0.5) is 0 Å². The van der Waals surface area contributed by atoms with Crippen molar-refractivity contribution in [2.75, 3.05) is 19.6 Å². The third-order valence-electron chi connectivity index (χ3n) is 1.61. The molecule has 1 fully saturated rings. The van der Waals surface area contributed by atoms with Crippen LogP contribution in [0.25, 0.3) is 0 Å². The number of rotatable bonds is 0. The first kappa shape index (κ1) is 7.54. The molecule has 3 nitrogen and oxygen atoms in total. The van der Waals surface area contributed by atoms with E-state index in [0.717, 1.165) is 32.5 Å². The standard InChI is InChI=1S/C7H14N2O/c10-7-3-1-4-8-5-2-6-9-7/h8H,1-6H2,(H,9,10). The summed E-state index contributed by atoms with van der Waals surface area (Å²) in [5.74, 6) is 0.198. The van der Waals surface area contributed by atoms with Crippen molar-refractivity contribution in [1.29, 1.82) is 0 Å². The molecule has 0 spiro atoms. The summed E-state index contributed by atoms with van der Waals surface area (Å²) in [5.41, 5.74) is 0. The minimum atomic E-state index is 0.198. The topological polar surface area (TPSA) is 41.1 Å². The highest BCUT2D eigenvalue weighted by Gasteiger charge is 2.01. The molecule has 3 heteroatoms. The van der Waals surface area contributed by atoms with Gasteiger partial charge in [-0.1, -0.05) is 0 Å². The van der Waals surface area contributed by atoms with Gasteiger partial charge in [0.25, 0.3) is 0 Å². The summed E-state index contributed by atoms with van der Waals surface area (Å²) < 4.78 is 0. The molecule has 10 heavy (non-hydrogen) atoms. The van der Waals surface area contributed by atoms with E-state index >= 15 is 0 Å². The molecule has 0 unspecified atom stereocenters. The van der Waals surface area contributed by atoms with Gasteiger partial charge in [0, 0.05) is 13.0 Å². The number of carbonyl (C=O) groups is 1. The van der Waals surface area contributed by atoms with Crippen LogP contribution in [0.1, 0.15) is 19.3 Å². The molecule has 1 saturated heterocycles. The van der Waals surface area contributed by atoms with Crippen molar-refractivity contribution < 1.29 is 4.79 Å². The number of carbonyl (C=O) groups excluding carboxylic acids is 1. The second kappa shape index (κ2) is 4.28. The van der Waals surface area contributed by atoms with Gasteiger partial charge in [0.1, 0.15) is 0 Å². The maximum Gasteiger partial charge on any atom is 0.220 e. The molecule has 1 rings (SSSR count). The van der Waals surface area contributed by atoms with E-state index in [1.165, 1.54) is 0 Å². The number of hydrogen-bond acceptors (Lipinski definition) is 2. The first-order valence-electron chi connectivity index (χ1n) is 3.87. The van der Waals surface area contributed by atoms with Crippen LogP contribution in [0.2, 0.25) is 0 Å². The van der Waals surface area contributed by atoms with Crippen LogP contribution in [0.3, 0.4) is 0 Å². The van der Waals surface area contributed by atoms with Crippen molar-refractivity contribution in [2.24, 2.45) is 0 Å². The Morgan fingerprint density at radius 3 is 2.80 bits per heavy atom. The van der Waals surface area contributed by atoms with Gasteiger partial charge in [-0.3, -0.25) is 4.79 Å². The Morgan fingerprint density at radius 1 is 1.10 bits per heavy atom. The monoisotopic (exact) mass is 142 g/mol. The fourth-order valence-electron chi connectivity index (χ4n) is 1.03. The number of nitrogens with one attached hydrogen (secondary N) is 2. The van der Waals surface area contributed by atoms with Crippen LogP contribution in [-0.4, -0.2) is 25.5 Å². The highest BCUT2D eigenvalue weighted by atomic mass is 16.1. The normalized spacial score (nSPS) is 22.2. The fraction of sp³-hybridized carbons (Fsp3) is 0.857. The van der Waals surface area contributed by atoms with Crippen LogP contribution >= 0.6 is 0 Å². The van der Waals surface area contributed by atoms with E-state index in [9.17, 15) is 4.79 Å². The summed E-state index contributed by atoms with van der Waals surface area (Å²) in [5, 5.41) is 6.10. The maximum absolute atomic E-state index is 10.8. The van der Waals surface area contributed by atoms with E-state index < -0.39 is 0 Å². The van der Waals surface area contributed by atoms with Gasteiger partial charge in [0.05, 0.1) is 0 Å². The highest BCUT2D eigenvalue weighted by molar-refractivity contribution is 5.75. The maximum atomic E-state index is 10.8. The molecule has 0 radical (unpaired) electrons. The molecule has 0 aromatic heterocycles. The van der Waals surface area contributed by atoms with Gasteiger partial charge in [0.15, 0.2) is 0 Å². The molecule has 1 aliphatic heterocycles. The van der Waals surface area contributed by atoms with Crippen molar-refractivity contribution in [3.63, 3.8) is 0 Å². The highest BCUT2D eigenvalue weighted by Crippen LogP contribution is 1.89. The van der Waals surface area contributed by atoms with Crippen LogP contribution in [0.15, 0.2) is 0 Å². The Balaban J connectivity index is 2.21. The first-order chi connectivity index (χ1) is 4.89. The van der Waals surface area contributed by atoms with Crippen molar-refractivity contribution in [3.8, 4) is 0 Å². The predicted octanol–water partition coefficient (Wildman–Crippen LogP) is -0.124. The van der Waals surface area contributed by atoms with Crippen LogP contribution in [0, 0.1) is 0 Å². The van der Waals surface area contributed by atoms with Gasteiger partial charge >= 0.3 is 0 Å². The minimum Gasteiger partial charge on any atom is -0.356 e. The van der Waals surface area contributed by atoms with Gasteiger partial charge in [-0.2, -0.15) is 0 Å². The van der Waals surface area contributed by atoms with Crippen LogP contribution in [-0.2, 0) is 4.79 Å². The second-order valence-corrected chi connectivity index (χ2v) is 2.56. The lowest BCUT2D eigenvalue weighted by atomic mass is 10.3. The van der Waals surface area contributed by atoms with Crippen molar-refractivity contribution in [1.82, 2.24) is 10.6 Å². The average molecular weight is 142 g/mol. The van der Waals surface area contributed by atoms with Crippen molar-refractivity contribution in [2.45, 2.75) is 19.3 Å². The van der Waals surface area contributed by atoms with E-state index in [2.05, 4.69) is 10.6 Å². The van der Waals surface area contributed by atoms with Gasteiger partial charge in [0.2, 0.25) is 5.91 Å². The summed E-state index contributed by atoms with van der Waals surface area (Å²) in [7, 11) is 0. The van der Waals surface area contributed by atoms with E-state index in [1.54, 1.807) is 0 Å². The molecule has 0 atom stereocenters. The quantitative estimate of drug-likeness (QED) is 0.495. The smallest absolute Gasteiger partial charge is 0.220 e. The van der Waals surface area contributed by atoms with Gasteiger partial charge in [-0.05, 0) is 25.9 Å². The number of hydrogen-bond donors (Lipinski definition) is 2. The molecule has 2 N–H and O–H groups in total. The average Bonchev–Trinajstić information content (AvgIpc) is 2.02. The SMILES string of the molecule is O=C1CCCNCCCN1. The molecule has 0 aliphatic carbocycles. The zero-order valence-electron chi connectivity index (χ0n) is 6.15. The predicted molar refractivity (Wildman–Crippen MR) is 39.7 cm³/mol. The summed E-state index contributed by atoms with van der Waals surface area (Å²) in [6, 6.07) is 0. The largest absolute Gasteiger partial charge is 0.356 e. The Hall–Kier alpha value is -0.570. The van der Waals surface area contributed by atoms with Crippen LogP contribution in [0.5, 0.6) is 0 Å². The lowest BCUT2D eigenvalue weighted by Crippen LogP contribution is -2.24. The lowest BCUT2D eigenvalue weighted by molar-refractivity contribution is -0.121. The Morgan fingerprint density at radius 2 is 1.90 bits per heavy atom. The summed E-state index contributed by atoms with van der Waals surface area (Å²) >= 11 is 0. The number of amides is 1. The van der Waals surface area contributed by atoms with Gasteiger partial charge in [-0.15, -0.1) is 0 Å². The fourth-order valence-corrected chi connectivity index (χ4v) is 1.03. The molecule has 58 valence electrons. The minimum absolute atomic E-state index is 0.198. The molecule has 0 aromatic rings.